The van der Waals surface area contributed by atoms with Crippen LogP contribution in [0.25, 0.3) is 17.0 Å². The fourth-order valence-electron chi connectivity index (χ4n) is 3.15. The van der Waals surface area contributed by atoms with Gasteiger partial charge in [0.2, 0.25) is 11.8 Å². The average Bonchev–Trinajstić information content (AvgIpc) is 3.21. The fraction of sp³-hybridized carbons (Fsp3) is 0.217. The zero-order valence-corrected chi connectivity index (χ0v) is 16.6. The molecule has 0 bridgehead atoms. The van der Waals surface area contributed by atoms with Gasteiger partial charge in [-0.1, -0.05) is 60.7 Å². The number of ether oxygens (including phenoxy) is 1. The Kier molecular flexibility index (Phi) is 6.29. The van der Waals surface area contributed by atoms with E-state index in [0.29, 0.717) is 36.9 Å². The number of carbonyl (C=O) groups excluding carboxylic acids is 1. The van der Waals surface area contributed by atoms with Gasteiger partial charge < -0.3 is 10.1 Å². The van der Waals surface area contributed by atoms with E-state index in [2.05, 4.69) is 32.7 Å². The SMILES string of the molecule is O=C(CCCc1ccccc1)NCCOc1ccc2nnc(-c3ccccc3)n2n1. The maximum atomic E-state index is 12.0. The molecule has 30 heavy (non-hydrogen) atoms. The first-order valence-electron chi connectivity index (χ1n) is 10.0. The largest absolute Gasteiger partial charge is 0.475 e. The summed E-state index contributed by atoms with van der Waals surface area (Å²) in [6, 6.07) is 23.5. The van der Waals surface area contributed by atoms with Crippen LogP contribution in [0.15, 0.2) is 72.8 Å². The Hall–Kier alpha value is -3.74. The molecule has 0 aliphatic heterocycles. The third kappa shape index (κ3) is 5.00. The number of nitrogens with one attached hydrogen (secondary N) is 1. The predicted molar refractivity (Wildman–Crippen MR) is 114 cm³/mol. The highest BCUT2D eigenvalue weighted by Crippen LogP contribution is 2.18. The highest BCUT2D eigenvalue weighted by molar-refractivity contribution is 5.75. The number of aromatic nitrogens is 4. The zero-order valence-electron chi connectivity index (χ0n) is 16.6. The third-order valence-electron chi connectivity index (χ3n) is 4.66. The van der Waals surface area contributed by atoms with Crippen LogP contribution in [-0.4, -0.2) is 38.9 Å². The van der Waals surface area contributed by atoms with Gasteiger partial charge in [0.1, 0.15) is 6.61 Å². The molecular formula is C23H23N5O2. The summed E-state index contributed by atoms with van der Waals surface area (Å²) in [7, 11) is 0. The number of carbonyl (C=O) groups is 1. The standard InChI is InChI=1S/C23H23N5O2/c29-21(13-7-10-18-8-3-1-4-9-18)24-16-17-30-22-15-14-20-25-26-23(28(20)27-22)19-11-5-2-6-12-19/h1-6,8-9,11-12,14-15H,7,10,13,16-17H2,(H,24,29). The number of nitrogens with zero attached hydrogens (tertiary/aromatic N) is 4. The minimum Gasteiger partial charge on any atom is -0.475 e. The number of amides is 1. The molecule has 0 aliphatic carbocycles. The minimum absolute atomic E-state index is 0.0307. The first kappa shape index (κ1) is 19.6. The maximum Gasteiger partial charge on any atom is 0.231 e. The van der Waals surface area contributed by atoms with E-state index >= 15 is 0 Å². The molecule has 7 nitrogen and oxygen atoms in total. The summed E-state index contributed by atoms with van der Waals surface area (Å²) in [6.45, 7) is 0.767. The number of benzene rings is 2. The molecule has 0 saturated carbocycles. The van der Waals surface area contributed by atoms with Gasteiger partial charge >= 0.3 is 0 Å². The number of rotatable bonds is 9. The lowest BCUT2D eigenvalue weighted by atomic mass is 10.1. The second kappa shape index (κ2) is 9.65. The van der Waals surface area contributed by atoms with Crippen LogP contribution in [0.4, 0.5) is 0 Å². The zero-order chi connectivity index (χ0) is 20.6. The summed E-state index contributed by atoms with van der Waals surface area (Å²) >= 11 is 0. The topological polar surface area (TPSA) is 81.4 Å². The molecule has 0 fully saturated rings. The smallest absolute Gasteiger partial charge is 0.231 e. The van der Waals surface area contributed by atoms with Crippen LogP contribution in [0.1, 0.15) is 18.4 Å². The van der Waals surface area contributed by atoms with E-state index in [0.717, 1.165) is 18.4 Å². The Bertz CT molecular complexity index is 1100. The van der Waals surface area contributed by atoms with Crippen molar-refractivity contribution in [1.29, 1.82) is 0 Å². The van der Waals surface area contributed by atoms with Crippen LogP contribution in [0.2, 0.25) is 0 Å². The molecule has 0 radical (unpaired) electrons. The lowest BCUT2D eigenvalue weighted by molar-refractivity contribution is -0.121. The van der Waals surface area contributed by atoms with Gasteiger partial charge in [0, 0.05) is 18.1 Å². The maximum absolute atomic E-state index is 12.0. The second-order valence-electron chi connectivity index (χ2n) is 6.87. The Labute approximate surface area is 174 Å². The molecular weight excluding hydrogens is 378 g/mol. The molecule has 0 aliphatic rings. The summed E-state index contributed by atoms with van der Waals surface area (Å²) in [6.07, 6.45) is 2.22. The van der Waals surface area contributed by atoms with Gasteiger partial charge in [0.15, 0.2) is 11.5 Å². The number of aryl methyl sites for hydroxylation is 1. The van der Waals surface area contributed by atoms with Crippen LogP contribution in [0, 0.1) is 0 Å². The summed E-state index contributed by atoms with van der Waals surface area (Å²) < 4.78 is 7.36. The highest BCUT2D eigenvalue weighted by atomic mass is 16.5. The Morgan fingerprint density at radius 2 is 1.70 bits per heavy atom. The average molecular weight is 401 g/mol. The van der Waals surface area contributed by atoms with E-state index in [-0.39, 0.29) is 5.91 Å². The molecule has 0 atom stereocenters. The van der Waals surface area contributed by atoms with Crippen molar-refractivity contribution in [2.24, 2.45) is 0 Å². The van der Waals surface area contributed by atoms with Crippen molar-refractivity contribution in [1.82, 2.24) is 25.1 Å². The van der Waals surface area contributed by atoms with Crippen molar-refractivity contribution in [3.8, 4) is 17.3 Å². The van der Waals surface area contributed by atoms with Crippen molar-refractivity contribution >= 4 is 11.6 Å². The number of hydrogen-bond acceptors (Lipinski definition) is 5. The summed E-state index contributed by atoms with van der Waals surface area (Å²) in [5, 5.41) is 15.7. The molecule has 152 valence electrons. The Morgan fingerprint density at radius 1 is 0.933 bits per heavy atom. The molecule has 0 spiro atoms. The molecule has 4 rings (SSSR count). The van der Waals surface area contributed by atoms with Crippen molar-refractivity contribution in [3.63, 3.8) is 0 Å². The first-order chi connectivity index (χ1) is 14.8. The highest BCUT2D eigenvalue weighted by Gasteiger charge is 2.10. The molecule has 2 aromatic heterocycles. The molecule has 2 aromatic carbocycles. The van der Waals surface area contributed by atoms with Crippen LogP contribution < -0.4 is 10.1 Å². The van der Waals surface area contributed by atoms with E-state index in [1.54, 1.807) is 10.6 Å². The van der Waals surface area contributed by atoms with Gasteiger partial charge in [-0.3, -0.25) is 4.79 Å². The van der Waals surface area contributed by atoms with E-state index in [1.807, 2.05) is 54.6 Å². The Balaban J connectivity index is 1.24. The minimum atomic E-state index is 0.0307. The predicted octanol–water partition coefficient (Wildman–Crippen LogP) is 3.31. The molecule has 0 unspecified atom stereocenters. The van der Waals surface area contributed by atoms with Crippen LogP contribution in [0.5, 0.6) is 5.88 Å². The normalized spacial score (nSPS) is 10.8. The van der Waals surface area contributed by atoms with E-state index < -0.39 is 0 Å². The summed E-state index contributed by atoms with van der Waals surface area (Å²) in [5.74, 6) is 1.14. The molecule has 2 heterocycles. The number of hydrogen-bond donors (Lipinski definition) is 1. The summed E-state index contributed by atoms with van der Waals surface area (Å²) in [4.78, 5) is 12.0. The lowest BCUT2D eigenvalue weighted by Crippen LogP contribution is -2.28. The van der Waals surface area contributed by atoms with Gasteiger partial charge in [-0.25, -0.2) is 0 Å². The molecule has 7 heteroatoms. The molecule has 0 saturated heterocycles. The van der Waals surface area contributed by atoms with Crippen molar-refractivity contribution in [2.75, 3.05) is 13.2 Å². The van der Waals surface area contributed by atoms with Crippen molar-refractivity contribution in [2.45, 2.75) is 19.3 Å². The lowest BCUT2D eigenvalue weighted by Gasteiger charge is -2.08. The van der Waals surface area contributed by atoms with Crippen molar-refractivity contribution in [3.05, 3.63) is 78.4 Å². The van der Waals surface area contributed by atoms with Crippen molar-refractivity contribution < 1.29 is 9.53 Å². The molecule has 1 N–H and O–H groups in total. The van der Waals surface area contributed by atoms with Gasteiger partial charge in [-0.15, -0.1) is 15.3 Å². The van der Waals surface area contributed by atoms with Crippen LogP contribution >= 0.6 is 0 Å². The number of fused-ring (bicyclic) bond motifs is 1. The van der Waals surface area contributed by atoms with Gasteiger partial charge in [-0.2, -0.15) is 4.52 Å². The fourth-order valence-corrected chi connectivity index (χ4v) is 3.15. The molecule has 4 aromatic rings. The Morgan fingerprint density at radius 3 is 2.50 bits per heavy atom. The quantitative estimate of drug-likeness (QED) is 0.435. The van der Waals surface area contributed by atoms with E-state index in [4.69, 9.17) is 4.74 Å². The van der Waals surface area contributed by atoms with E-state index in [9.17, 15) is 4.79 Å². The third-order valence-corrected chi connectivity index (χ3v) is 4.66. The first-order valence-corrected chi connectivity index (χ1v) is 10.0. The van der Waals surface area contributed by atoms with Gasteiger partial charge in [0.05, 0.1) is 6.54 Å². The summed E-state index contributed by atoms with van der Waals surface area (Å²) in [5.41, 5.74) is 2.82. The van der Waals surface area contributed by atoms with Gasteiger partial charge in [0.25, 0.3) is 0 Å². The van der Waals surface area contributed by atoms with Crippen LogP contribution in [0.3, 0.4) is 0 Å². The van der Waals surface area contributed by atoms with Crippen LogP contribution in [-0.2, 0) is 11.2 Å². The van der Waals surface area contributed by atoms with Gasteiger partial charge in [-0.05, 0) is 24.5 Å². The monoisotopic (exact) mass is 401 g/mol. The second-order valence-corrected chi connectivity index (χ2v) is 6.87. The van der Waals surface area contributed by atoms with E-state index in [1.165, 1.54) is 5.56 Å². The molecule has 1 amide bonds.